The smallest absolute Gasteiger partial charge is 0.433 e. The Bertz CT molecular complexity index is 1060. The predicted octanol–water partition coefficient (Wildman–Crippen LogP) is 3.73. The molecule has 0 unspecified atom stereocenters. The summed E-state index contributed by atoms with van der Waals surface area (Å²) in [6.07, 6.45) is -0.589. The van der Waals surface area contributed by atoms with Gasteiger partial charge in [-0.15, -0.1) is 5.10 Å². The van der Waals surface area contributed by atoms with Crippen LogP contribution in [0.2, 0.25) is 0 Å². The first kappa shape index (κ1) is 21.2. The number of rotatable bonds is 5. The normalized spacial score (nSPS) is 14.7. The topological polar surface area (TPSA) is 69.0 Å². The zero-order chi connectivity index (χ0) is 22.2. The van der Waals surface area contributed by atoms with Crippen molar-refractivity contribution in [3.63, 3.8) is 0 Å². The number of nitrogens with zero attached hydrogens (tertiary/aromatic N) is 6. The summed E-state index contributed by atoms with van der Waals surface area (Å²) in [6, 6.07) is 4.67. The summed E-state index contributed by atoms with van der Waals surface area (Å²) in [6.45, 7) is 8.12. The summed E-state index contributed by atoms with van der Waals surface area (Å²) in [5, 5.41) is 8.05. The highest BCUT2D eigenvalue weighted by Crippen LogP contribution is 2.28. The fourth-order valence-corrected chi connectivity index (χ4v) is 3.53. The number of aromatic nitrogens is 5. The van der Waals surface area contributed by atoms with E-state index in [9.17, 15) is 13.2 Å². The molecule has 0 radical (unpaired) electrons. The Balaban J connectivity index is 1.50. The summed E-state index contributed by atoms with van der Waals surface area (Å²) in [4.78, 5) is 10.3. The van der Waals surface area contributed by atoms with Crippen LogP contribution in [-0.2, 0) is 25.7 Å². The first-order valence-electron chi connectivity index (χ1n) is 10.0. The van der Waals surface area contributed by atoms with Gasteiger partial charge in [0, 0.05) is 31.4 Å². The van der Waals surface area contributed by atoms with Crippen molar-refractivity contribution in [2.24, 2.45) is 0 Å². The summed E-state index contributed by atoms with van der Waals surface area (Å²) in [5.74, 6) is 0.495. The average molecular weight is 432 g/mol. The Hall–Kier alpha value is -3.01. The van der Waals surface area contributed by atoms with Crippen LogP contribution in [0.3, 0.4) is 0 Å². The van der Waals surface area contributed by atoms with E-state index in [4.69, 9.17) is 4.74 Å². The van der Waals surface area contributed by atoms with Gasteiger partial charge in [0.05, 0.1) is 17.6 Å². The summed E-state index contributed by atoms with van der Waals surface area (Å²) >= 11 is 0. The maximum atomic E-state index is 12.8. The van der Waals surface area contributed by atoms with E-state index in [1.165, 1.54) is 21.9 Å². The van der Waals surface area contributed by atoms with E-state index in [0.717, 1.165) is 31.8 Å². The second-order valence-corrected chi connectivity index (χ2v) is 7.83. The van der Waals surface area contributed by atoms with Gasteiger partial charge >= 0.3 is 6.18 Å². The van der Waals surface area contributed by atoms with Gasteiger partial charge in [-0.05, 0) is 50.5 Å². The molecule has 7 nitrogen and oxygen atoms in total. The second-order valence-electron chi connectivity index (χ2n) is 7.83. The molecule has 0 N–H and O–H groups in total. The van der Waals surface area contributed by atoms with Crippen LogP contribution in [0.15, 0.2) is 30.6 Å². The lowest BCUT2D eigenvalue weighted by atomic mass is 10.0. The molecule has 1 aliphatic heterocycles. The van der Waals surface area contributed by atoms with Crippen molar-refractivity contribution in [2.45, 2.75) is 52.6 Å². The van der Waals surface area contributed by atoms with Gasteiger partial charge in [0.15, 0.2) is 0 Å². The number of fused-ring (bicyclic) bond motifs is 1. The number of ether oxygens (including phenoxy) is 1. The van der Waals surface area contributed by atoms with Gasteiger partial charge in [-0.25, -0.2) is 14.6 Å². The van der Waals surface area contributed by atoms with Gasteiger partial charge < -0.3 is 4.74 Å². The Morgan fingerprint density at radius 3 is 2.61 bits per heavy atom. The fourth-order valence-electron chi connectivity index (χ4n) is 3.53. The highest BCUT2D eigenvalue weighted by atomic mass is 19.4. The van der Waals surface area contributed by atoms with Crippen molar-refractivity contribution in [1.29, 1.82) is 0 Å². The van der Waals surface area contributed by atoms with Crippen LogP contribution in [0, 0.1) is 6.92 Å². The van der Waals surface area contributed by atoms with Crippen molar-refractivity contribution in [2.75, 3.05) is 6.54 Å². The number of alkyl halides is 3. The minimum atomic E-state index is -4.49. The average Bonchev–Trinajstić information content (AvgIpc) is 3.11. The molecule has 10 heteroatoms. The maximum absolute atomic E-state index is 12.8. The predicted molar refractivity (Wildman–Crippen MR) is 107 cm³/mol. The van der Waals surface area contributed by atoms with Crippen LogP contribution in [0.25, 0.3) is 5.69 Å². The number of pyridine rings is 2. The number of hydrogen-bond donors (Lipinski definition) is 0. The molecule has 0 atom stereocenters. The first-order chi connectivity index (χ1) is 14.7. The highest BCUT2D eigenvalue weighted by Gasteiger charge is 2.32. The van der Waals surface area contributed by atoms with Crippen molar-refractivity contribution < 1.29 is 17.9 Å². The Labute approximate surface area is 177 Å². The van der Waals surface area contributed by atoms with Crippen LogP contribution >= 0.6 is 0 Å². The zero-order valence-corrected chi connectivity index (χ0v) is 17.5. The minimum Gasteiger partial charge on any atom is -0.471 e. The van der Waals surface area contributed by atoms with E-state index in [1.807, 2.05) is 12.3 Å². The molecule has 3 aromatic heterocycles. The molecular weight excluding hydrogens is 409 g/mol. The fraction of sp³-hybridized carbons (Fsp3) is 0.429. The summed E-state index contributed by atoms with van der Waals surface area (Å²) < 4.78 is 45.6. The molecule has 0 aliphatic carbocycles. The van der Waals surface area contributed by atoms with E-state index >= 15 is 0 Å². The number of aryl methyl sites for hydroxylation is 1. The third-order valence-electron chi connectivity index (χ3n) is 5.43. The molecule has 1 aliphatic rings. The van der Waals surface area contributed by atoms with E-state index < -0.39 is 11.9 Å². The molecule has 0 saturated heterocycles. The lowest BCUT2D eigenvalue weighted by Crippen LogP contribution is -2.35. The summed E-state index contributed by atoms with van der Waals surface area (Å²) in [7, 11) is 0. The van der Waals surface area contributed by atoms with Crippen molar-refractivity contribution in [1.82, 2.24) is 29.9 Å². The molecule has 0 fully saturated rings. The van der Waals surface area contributed by atoms with Gasteiger partial charge in [-0.1, -0.05) is 5.21 Å². The molecule has 4 rings (SSSR count). The minimum absolute atomic E-state index is 0.129. The zero-order valence-electron chi connectivity index (χ0n) is 17.5. The van der Waals surface area contributed by atoms with Crippen molar-refractivity contribution in [3.05, 3.63) is 58.8 Å². The molecule has 3 aromatic rings. The van der Waals surface area contributed by atoms with E-state index in [0.29, 0.717) is 29.0 Å². The molecule has 164 valence electrons. The maximum Gasteiger partial charge on any atom is 0.433 e. The van der Waals surface area contributed by atoms with Crippen LogP contribution < -0.4 is 4.74 Å². The standard InChI is InChI=1S/C21H23F3N6O/c1-13(2)29-7-6-15-8-20(26-9-16(15)11-29)31-12-18-14(3)27-28-30(18)17-4-5-19(25-10-17)21(22,23)24/h4-5,8-10,13H,6-7,11-12H2,1-3H3. The highest BCUT2D eigenvalue weighted by molar-refractivity contribution is 5.33. The van der Waals surface area contributed by atoms with Crippen LogP contribution in [0.4, 0.5) is 13.2 Å². The Morgan fingerprint density at radius 1 is 1.13 bits per heavy atom. The molecule has 4 heterocycles. The van der Waals surface area contributed by atoms with Crippen LogP contribution in [0.1, 0.15) is 42.1 Å². The van der Waals surface area contributed by atoms with E-state index in [1.54, 1.807) is 6.92 Å². The quantitative estimate of drug-likeness (QED) is 0.612. The number of hydrogen-bond acceptors (Lipinski definition) is 6. The monoisotopic (exact) mass is 432 g/mol. The molecule has 0 aromatic carbocycles. The lowest BCUT2D eigenvalue weighted by Gasteiger charge is -2.31. The van der Waals surface area contributed by atoms with Crippen LogP contribution in [0.5, 0.6) is 5.88 Å². The summed E-state index contributed by atoms with van der Waals surface area (Å²) in [5.41, 5.74) is 3.07. The van der Waals surface area contributed by atoms with Crippen molar-refractivity contribution in [3.8, 4) is 11.6 Å². The first-order valence-corrected chi connectivity index (χ1v) is 10.0. The van der Waals surface area contributed by atoms with Gasteiger partial charge in [-0.2, -0.15) is 13.2 Å². The van der Waals surface area contributed by atoms with Crippen LogP contribution in [-0.4, -0.2) is 42.4 Å². The molecule has 0 saturated carbocycles. The Morgan fingerprint density at radius 2 is 1.94 bits per heavy atom. The van der Waals surface area contributed by atoms with E-state index in [-0.39, 0.29) is 6.61 Å². The lowest BCUT2D eigenvalue weighted by molar-refractivity contribution is -0.141. The largest absolute Gasteiger partial charge is 0.471 e. The molecule has 31 heavy (non-hydrogen) atoms. The molecule has 0 spiro atoms. The van der Waals surface area contributed by atoms with Gasteiger partial charge in [0.25, 0.3) is 0 Å². The second kappa shape index (κ2) is 8.26. The van der Waals surface area contributed by atoms with Gasteiger partial charge in [-0.3, -0.25) is 4.90 Å². The molecular formula is C21H23F3N6O. The molecule has 0 bridgehead atoms. The third kappa shape index (κ3) is 4.53. The van der Waals surface area contributed by atoms with Gasteiger partial charge in [0.2, 0.25) is 5.88 Å². The van der Waals surface area contributed by atoms with Gasteiger partial charge in [0.1, 0.15) is 18.0 Å². The number of halogens is 3. The third-order valence-corrected chi connectivity index (χ3v) is 5.43. The Kier molecular flexibility index (Phi) is 5.65. The molecule has 0 amide bonds. The SMILES string of the molecule is Cc1nnn(-c2ccc(C(F)(F)F)nc2)c1COc1cc2c(cn1)CN(C(C)C)CC2. The van der Waals surface area contributed by atoms with E-state index in [2.05, 4.69) is 39.0 Å². The van der Waals surface area contributed by atoms with Crippen molar-refractivity contribution >= 4 is 0 Å².